The highest BCUT2D eigenvalue weighted by Crippen LogP contribution is 2.26. The third kappa shape index (κ3) is 2.56. The van der Waals surface area contributed by atoms with Gasteiger partial charge in [-0.1, -0.05) is 0 Å². The molecule has 0 amide bonds. The lowest BCUT2D eigenvalue weighted by Crippen LogP contribution is -2.05. The van der Waals surface area contributed by atoms with Gasteiger partial charge >= 0.3 is 0 Å². The number of nitrogen functional groups attached to an aromatic ring is 1. The number of pyridine rings is 1. The minimum atomic E-state index is -1.29. The molecular weight excluding hydrogens is 269 g/mol. The van der Waals surface area contributed by atoms with Crippen LogP contribution in [0.4, 0.5) is 39.3 Å². The molecule has 3 N–H and O–H groups in total. The van der Waals surface area contributed by atoms with Crippen molar-refractivity contribution >= 4 is 17.3 Å². The molecule has 0 saturated heterocycles. The van der Waals surface area contributed by atoms with Crippen LogP contribution in [-0.4, -0.2) is 4.98 Å². The number of nitrogens with two attached hydrogens (primary N) is 1. The third-order valence-corrected chi connectivity index (χ3v) is 2.21. The summed E-state index contributed by atoms with van der Waals surface area (Å²) >= 11 is 0. The van der Waals surface area contributed by atoms with E-state index in [0.29, 0.717) is 18.2 Å². The molecule has 0 spiro atoms. The predicted molar refractivity (Wildman–Crippen MR) is 58.2 cm³/mol. The van der Waals surface area contributed by atoms with Crippen LogP contribution < -0.4 is 11.1 Å². The maximum Gasteiger partial charge on any atom is 0.169 e. The molecule has 2 rings (SSSR count). The Balaban J connectivity index is 2.45. The van der Waals surface area contributed by atoms with E-state index < -0.39 is 46.4 Å². The van der Waals surface area contributed by atoms with Gasteiger partial charge in [0.15, 0.2) is 34.9 Å². The molecule has 1 aromatic heterocycles. The van der Waals surface area contributed by atoms with Crippen molar-refractivity contribution in [2.75, 3.05) is 11.1 Å². The van der Waals surface area contributed by atoms with E-state index in [1.54, 1.807) is 0 Å². The molecule has 0 atom stereocenters. The number of hydrogen-bond acceptors (Lipinski definition) is 3. The average molecular weight is 275 g/mol. The summed E-state index contributed by atoms with van der Waals surface area (Å²) in [6.07, 6.45) is 0. The lowest BCUT2D eigenvalue weighted by molar-refractivity contribution is 0.547. The quantitative estimate of drug-likeness (QED) is 0.828. The number of hydrogen-bond donors (Lipinski definition) is 2. The summed E-state index contributed by atoms with van der Waals surface area (Å²) in [6, 6.07) is 1.20. The van der Waals surface area contributed by atoms with Crippen LogP contribution in [0.2, 0.25) is 0 Å². The summed E-state index contributed by atoms with van der Waals surface area (Å²) in [4.78, 5) is 3.26. The van der Waals surface area contributed by atoms with Crippen molar-refractivity contribution in [1.82, 2.24) is 4.98 Å². The van der Waals surface area contributed by atoms with Crippen LogP contribution in [0.3, 0.4) is 0 Å². The Bertz CT molecular complexity index is 621. The SMILES string of the molecule is Nc1nc(Nc2c(F)cc(F)cc2F)c(F)cc1F. The van der Waals surface area contributed by atoms with Gasteiger partial charge in [-0.25, -0.2) is 26.9 Å². The molecule has 0 fully saturated rings. The zero-order valence-corrected chi connectivity index (χ0v) is 9.15. The molecule has 2 aromatic rings. The molecule has 1 heterocycles. The highest BCUT2D eigenvalue weighted by molar-refractivity contribution is 5.59. The Hall–Kier alpha value is -2.38. The first kappa shape index (κ1) is 13.1. The number of nitrogens with one attached hydrogen (secondary N) is 1. The minimum absolute atomic E-state index is 0.399. The maximum atomic E-state index is 13.3. The van der Waals surface area contributed by atoms with Gasteiger partial charge in [-0.05, 0) is 0 Å². The Morgan fingerprint density at radius 1 is 0.842 bits per heavy atom. The van der Waals surface area contributed by atoms with Crippen LogP contribution in [0.15, 0.2) is 18.2 Å². The zero-order chi connectivity index (χ0) is 14.2. The van der Waals surface area contributed by atoms with Gasteiger partial charge in [0.2, 0.25) is 0 Å². The highest BCUT2D eigenvalue weighted by Gasteiger charge is 2.16. The summed E-state index contributed by atoms with van der Waals surface area (Å²) in [6.45, 7) is 0. The summed E-state index contributed by atoms with van der Waals surface area (Å²) in [5, 5.41) is 1.95. The van der Waals surface area contributed by atoms with E-state index in [9.17, 15) is 22.0 Å². The van der Waals surface area contributed by atoms with Crippen LogP contribution in [0.25, 0.3) is 0 Å². The monoisotopic (exact) mass is 275 g/mol. The van der Waals surface area contributed by atoms with E-state index in [4.69, 9.17) is 5.73 Å². The van der Waals surface area contributed by atoms with Gasteiger partial charge in [0, 0.05) is 18.2 Å². The Morgan fingerprint density at radius 3 is 2.00 bits per heavy atom. The third-order valence-electron chi connectivity index (χ3n) is 2.21. The summed E-state index contributed by atoms with van der Waals surface area (Å²) in [7, 11) is 0. The van der Waals surface area contributed by atoms with Gasteiger partial charge in [-0.2, -0.15) is 0 Å². The minimum Gasteiger partial charge on any atom is -0.381 e. The molecular formula is C11H6F5N3. The molecule has 0 aliphatic heterocycles. The number of aromatic nitrogens is 1. The molecule has 1 aromatic carbocycles. The number of benzene rings is 1. The standard InChI is InChI=1S/C11H6F5N3/c12-4-1-5(13)9(6(14)2-4)18-11-8(16)3-7(15)10(17)19-11/h1-3H,(H3,17,18,19). The predicted octanol–water partition coefficient (Wildman–Crippen LogP) is 3.10. The second kappa shape index (κ2) is 4.71. The Kier molecular flexibility index (Phi) is 3.24. The first-order valence-corrected chi connectivity index (χ1v) is 4.91. The summed E-state index contributed by atoms with van der Waals surface area (Å²) in [5.74, 6) is -7.34. The molecule has 3 nitrogen and oxygen atoms in total. The summed E-state index contributed by atoms with van der Waals surface area (Å²) in [5.41, 5.74) is 4.28. The molecule has 0 aliphatic carbocycles. The molecule has 0 bridgehead atoms. The second-order valence-electron chi connectivity index (χ2n) is 3.56. The molecule has 100 valence electrons. The van der Waals surface area contributed by atoms with E-state index in [1.165, 1.54) is 0 Å². The number of anilines is 3. The van der Waals surface area contributed by atoms with Crippen molar-refractivity contribution in [3.8, 4) is 0 Å². The van der Waals surface area contributed by atoms with Crippen LogP contribution in [0.5, 0.6) is 0 Å². The van der Waals surface area contributed by atoms with E-state index in [1.807, 2.05) is 5.32 Å². The first-order valence-electron chi connectivity index (χ1n) is 4.91. The van der Waals surface area contributed by atoms with Crippen LogP contribution in [0, 0.1) is 29.1 Å². The molecule has 19 heavy (non-hydrogen) atoms. The van der Waals surface area contributed by atoms with Crippen molar-refractivity contribution in [3.05, 3.63) is 47.3 Å². The van der Waals surface area contributed by atoms with Crippen LogP contribution in [0.1, 0.15) is 0 Å². The van der Waals surface area contributed by atoms with Crippen molar-refractivity contribution < 1.29 is 22.0 Å². The fourth-order valence-electron chi connectivity index (χ4n) is 1.35. The average Bonchev–Trinajstić information content (AvgIpc) is 2.29. The van der Waals surface area contributed by atoms with Gasteiger partial charge in [-0.3, -0.25) is 0 Å². The smallest absolute Gasteiger partial charge is 0.169 e. The van der Waals surface area contributed by atoms with Crippen LogP contribution >= 0.6 is 0 Å². The highest BCUT2D eigenvalue weighted by atomic mass is 19.2. The molecule has 0 aliphatic rings. The molecule has 8 heteroatoms. The van der Waals surface area contributed by atoms with Crippen molar-refractivity contribution in [2.24, 2.45) is 0 Å². The first-order chi connectivity index (χ1) is 8.88. The molecule has 0 radical (unpaired) electrons. The molecule has 0 saturated carbocycles. The van der Waals surface area contributed by atoms with E-state index >= 15 is 0 Å². The number of nitrogens with zero attached hydrogens (tertiary/aromatic N) is 1. The lowest BCUT2D eigenvalue weighted by atomic mass is 10.2. The Morgan fingerprint density at radius 2 is 1.42 bits per heavy atom. The fraction of sp³-hybridized carbons (Fsp3) is 0. The maximum absolute atomic E-state index is 13.3. The number of rotatable bonds is 2. The normalized spacial score (nSPS) is 10.6. The topological polar surface area (TPSA) is 50.9 Å². The van der Waals surface area contributed by atoms with E-state index in [0.717, 1.165) is 0 Å². The van der Waals surface area contributed by atoms with Crippen LogP contribution in [-0.2, 0) is 0 Å². The Labute approximate surface area is 103 Å². The van der Waals surface area contributed by atoms with Gasteiger partial charge in [0.1, 0.15) is 11.5 Å². The van der Waals surface area contributed by atoms with E-state index in [-0.39, 0.29) is 0 Å². The van der Waals surface area contributed by atoms with Gasteiger partial charge in [0.05, 0.1) is 0 Å². The van der Waals surface area contributed by atoms with Gasteiger partial charge in [0.25, 0.3) is 0 Å². The fourth-order valence-corrected chi connectivity index (χ4v) is 1.35. The van der Waals surface area contributed by atoms with Gasteiger partial charge in [-0.15, -0.1) is 0 Å². The van der Waals surface area contributed by atoms with Gasteiger partial charge < -0.3 is 11.1 Å². The lowest BCUT2D eigenvalue weighted by Gasteiger charge is -2.09. The van der Waals surface area contributed by atoms with E-state index in [2.05, 4.69) is 4.98 Å². The zero-order valence-electron chi connectivity index (χ0n) is 9.15. The van der Waals surface area contributed by atoms with Crippen molar-refractivity contribution in [3.63, 3.8) is 0 Å². The van der Waals surface area contributed by atoms with Crippen molar-refractivity contribution in [2.45, 2.75) is 0 Å². The second-order valence-corrected chi connectivity index (χ2v) is 3.56. The molecule has 0 unspecified atom stereocenters. The van der Waals surface area contributed by atoms with Crippen molar-refractivity contribution in [1.29, 1.82) is 0 Å². The largest absolute Gasteiger partial charge is 0.381 e. The number of halogens is 5. The summed E-state index contributed by atoms with van der Waals surface area (Å²) < 4.78 is 65.5.